The van der Waals surface area contributed by atoms with Gasteiger partial charge < -0.3 is 4.90 Å². The molecule has 0 N–H and O–H groups in total. The first kappa shape index (κ1) is 13.3. The third-order valence-electron chi connectivity index (χ3n) is 3.01. The average molecular weight is 241 g/mol. The summed E-state index contributed by atoms with van der Waals surface area (Å²) in [6.45, 7) is 4.14. The summed E-state index contributed by atoms with van der Waals surface area (Å²) in [5.41, 5.74) is 0. The first-order valence-corrected chi connectivity index (χ1v) is 5.22. The van der Waals surface area contributed by atoms with Crippen molar-refractivity contribution in [2.24, 2.45) is 11.8 Å². The van der Waals surface area contributed by atoms with Crippen molar-refractivity contribution < 1.29 is 22.4 Å². The molecule has 1 heterocycles. The second kappa shape index (κ2) is 4.59. The number of amides is 1. The van der Waals surface area contributed by atoms with Crippen molar-refractivity contribution in [3.63, 3.8) is 0 Å². The normalized spacial score (nSPS) is 22.2. The number of carbonyl (C=O) groups is 1. The Hall–Kier alpha value is -0.810. The van der Waals surface area contributed by atoms with E-state index in [1.807, 2.05) is 13.8 Å². The molecule has 0 aromatic carbocycles. The zero-order valence-corrected chi connectivity index (χ0v) is 9.22. The van der Waals surface area contributed by atoms with E-state index in [-0.39, 0.29) is 24.9 Å². The highest BCUT2D eigenvalue weighted by molar-refractivity contribution is 5.84. The van der Waals surface area contributed by atoms with Crippen LogP contribution in [0.15, 0.2) is 0 Å². The Balaban J connectivity index is 2.64. The van der Waals surface area contributed by atoms with Crippen LogP contribution >= 0.6 is 0 Å². The van der Waals surface area contributed by atoms with Crippen LogP contribution in [-0.2, 0) is 4.79 Å². The molecule has 1 atom stereocenters. The Morgan fingerprint density at radius 1 is 1.38 bits per heavy atom. The van der Waals surface area contributed by atoms with Gasteiger partial charge in [-0.1, -0.05) is 13.8 Å². The topological polar surface area (TPSA) is 20.3 Å². The van der Waals surface area contributed by atoms with Crippen LogP contribution in [0.1, 0.15) is 20.3 Å². The van der Waals surface area contributed by atoms with Gasteiger partial charge in [0.2, 0.25) is 0 Å². The molecule has 0 aliphatic carbocycles. The zero-order valence-electron chi connectivity index (χ0n) is 9.22. The van der Waals surface area contributed by atoms with Crippen molar-refractivity contribution in [2.75, 3.05) is 13.1 Å². The number of likely N-dealkylation sites (tertiary alicyclic amines) is 1. The lowest BCUT2D eigenvalue weighted by Crippen LogP contribution is -2.46. The molecule has 1 saturated heterocycles. The number of hydrogen-bond acceptors (Lipinski definition) is 1. The summed E-state index contributed by atoms with van der Waals surface area (Å²) >= 11 is 0. The maximum atomic E-state index is 12.8. The van der Waals surface area contributed by atoms with Crippen LogP contribution in [-0.4, -0.2) is 36.2 Å². The molecule has 0 bridgehead atoms. The van der Waals surface area contributed by atoms with Crippen LogP contribution in [0.25, 0.3) is 0 Å². The Labute approximate surface area is 91.6 Å². The van der Waals surface area contributed by atoms with Crippen LogP contribution in [0.2, 0.25) is 0 Å². The molecule has 1 aliphatic heterocycles. The lowest BCUT2D eigenvalue weighted by molar-refractivity contribution is -0.179. The van der Waals surface area contributed by atoms with Crippen LogP contribution < -0.4 is 0 Å². The lowest BCUT2D eigenvalue weighted by Gasteiger charge is -2.23. The monoisotopic (exact) mass is 241 g/mol. The second-order valence-corrected chi connectivity index (χ2v) is 4.47. The smallest absolute Gasteiger partial charge is 0.337 e. The standard InChI is InChI=1S/C10H15F4NO/c1-6(2)7-3-4-15(5-7)9(16)10(13,14)8(11)12/h6-8H,3-5H2,1-2H3. The van der Waals surface area contributed by atoms with E-state index in [4.69, 9.17) is 0 Å². The molecule has 1 rings (SSSR count). The minimum absolute atomic E-state index is 0.123. The first-order chi connectivity index (χ1) is 7.26. The molecule has 1 amide bonds. The van der Waals surface area contributed by atoms with Crippen molar-refractivity contribution in [2.45, 2.75) is 32.6 Å². The van der Waals surface area contributed by atoms with E-state index in [0.717, 1.165) is 4.90 Å². The van der Waals surface area contributed by atoms with Gasteiger partial charge in [-0.2, -0.15) is 8.78 Å². The molecule has 0 aromatic rings. The SMILES string of the molecule is CC(C)C1CCN(C(=O)C(F)(F)C(F)F)C1. The van der Waals surface area contributed by atoms with Crippen molar-refractivity contribution in [1.82, 2.24) is 4.90 Å². The van der Waals surface area contributed by atoms with Crippen molar-refractivity contribution in [3.05, 3.63) is 0 Å². The summed E-state index contributed by atoms with van der Waals surface area (Å²) in [5.74, 6) is -5.91. The quantitative estimate of drug-likeness (QED) is 0.695. The minimum atomic E-state index is -4.55. The summed E-state index contributed by atoms with van der Waals surface area (Å²) in [6.07, 6.45) is -3.33. The number of nitrogens with zero attached hydrogens (tertiary/aromatic N) is 1. The van der Waals surface area contributed by atoms with Crippen molar-refractivity contribution in [3.8, 4) is 0 Å². The van der Waals surface area contributed by atoms with Crippen molar-refractivity contribution in [1.29, 1.82) is 0 Å². The molecule has 1 fully saturated rings. The number of carbonyl (C=O) groups excluding carboxylic acids is 1. The Bertz CT molecular complexity index is 268. The van der Waals surface area contributed by atoms with E-state index in [0.29, 0.717) is 6.42 Å². The molecular weight excluding hydrogens is 226 g/mol. The van der Waals surface area contributed by atoms with Crippen LogP contribution in [0, 0.1) is 11.8 Å². The first-order valence-electron chi connectivity index (χ1n) is 5.22. The Morgan fingerprint density at radius 2 is 1.94 bits per heavy atom. The molecule has 0 spiro atoms. The van der Waals surface area contributed by atoms with Gasteiger partial charge in [0.05, 0.1) is 0 Å². The van der Waals surface area contributed by atoms with Gasteiger partial charge in [-0.25, -0.2) is 8.78 Å². The van der Waals surface area contributed by atoms with Crippen LogP contribution in [0.3, 0.4) is 0 Å². The van der Waals surface area contributed by atoms with Gasteiger partial charge in [0.25, 0.3) is 5.91 Å². The highest BCUT2D eigenvalue weighted by Crippen LogP contribution is 2.30. The fourth-order valence-corrected chi connectivity index (χ4v) is 1.82. The van der Waals surface area contributed by atoms with Crippen LogP contribution in [0.5, 0.6) is 0 Å². The van der Waals surface area contributed by atoms with Gasteiger partial charge in [-0.15, -0.1) is 0 Å². The number of halogens is 4. The molecule has 16 heavy (non-hydrogen) atoms. The summed E-state index contributed by atoms with van der Waals surface area (Å²) < 4.78 is 49.5. The summed E-state index contributed by atoms with van der Waals surface area (Å²) in [5, 5.41) is 0. The summed E-state index contributed by atoms with van der Waals surface area (Å²) in [7, 11) is 0. The predicted octanol–water partition coefficient (Wildman–Crippen LogP) is 2.39. The van der Waals surface area contributed by atoms with Gasteiger partial charge >= 0.3 is 12.3 Å². The van der Waals surface area contributed by atoms with Gasteiger partial charge in [-0.05, 0) is 18.3 Å². The second-order valence-electron chi connectivity index (χ2n) is 4.47. The molecule has 2 nitrogen and oxygen atoms in total. The molecule has 1 aliphatic rings. The van der Waals surface area contributed by atoms with Gasteiger partial charge in [0, 0.05) is 13.1 Å². The third-order valence-corrected chi connectivity index (χ3v) is 3.01. The fourth-order valence-electron chi connectivity index (χ4n) is 1.82. The van der Waals surface area contributed by atoms with Crippen LogP contribution in [0.4, 0.5) is 17.6 Å². The Morgan fingerprint density at radius 3 is 2.31 bits per heavy atom. The largest absolute Gasteiger partial charge is 0.383 e. The van der Waals surface area contributed by atoms with E-state index in [1.165, 1.54) is 0 Å². The van der Waals surface area contributed by atoms with Crippen molar-refractivity contribution >= 4 is 5.91 Å². The Kier molecular flexibility index (Phi) is 3.80. The number of hydrogen-bond donors (Lipinski definition) is 0. The van der Waals surface area contributed by atoms with Gasteiger partial charge in [0.15, 0.2) is 0 Å². The fraction of sp³-hybridized carbons (Fsp3) is 0.900. The molecule has 0 saturated carbocycles. The average Bonchev–Trinajstić information content (AvgIpc) is 2.64. The van der Waals surface area contributed by atoms with E-state index in [9.17, 15) is 22.4 Å². The third kappa shape index (κ3) is 2.47. The van der Waals surface area contributed by atoms with E-state index >= 15 is 0 Å². The summed E-state index contributed by atoms with van der Waals surface area (Å²) in [6, 6.07) is 0. The highest BCUT2D eigenvalue weighted by atomic mass is 19.3. The molecular formula is C10H15F4NO. The molecule has 0 aromatic heterocycles. The van der Waals surface area contributed by atoms with E-state index in [1.54, 1.807) is 0 Å². The molecule has 94 valence electrons. The zero-order chi connectivity index (χ0) is 12.5. The van der Waals surface area contributed by atoms with Gasteiger partial charge in [0.1, 0.15) is 0 Å². The predicted molar refractivity (Wildman–Crippen MR) is 50.5 cm³/mol. The minimum Gasteiger partial charge on any atom is -0.337 e. The maximum absolute atomic E-state index is 12.8. The lowest BCUT2D eigenvalue weighted by atomic mass is 9.95. The molecule has 6 heteroatoms. The summed E-state index contributed by atoms with van der Waals surface area (Å²) in [4.78, 5) is 12.0. The maximum Gasteiger partial charge on any atom is 0.383 e. The molecule has 0 radical (unpaired) electrons. The van der Waals surface area contributed by atoms with E-state index < -0.39 is 18.3 Å². The number of alkyl halides is 4. The highest BCUT2D eigenvalue weighted by Gasteiger charge is 2.52. The van der Waals surface area contributed by atoms with E-state index in [2.05, 4.69) is 0 Å². The number of rotatable bonds is 3. The molecule has 1 unspecified atom stereocenters. The van der Waals surface area contributed by atoms with Gasteiger partial charge in [-0.3, -0.25) is 4.79 Å².